The van der Waals surface area contributed by atoms with Gasteiger partial charge in [0.05, 0.1) is 5.54 Å². The van der Waals surface area contributed by atoms with Crippen LogP contribution in [0.3, 0.4) is 0 Å². The molecule has 0 saturated heterocycles. The number of phenols is 1. The van der Waals surface area contributed by atoms with E-state index in [1.54, 1.807) is 6.07 Å². The summed E-state index contributed by atoms with van der Waals surface area (Å²) in [6.07, 6.45) is 2.57. The molecule has 0 spiro atoms. The second kappa shape index (κ2) is 8.03. The lowest BCUT2D eigenvalue weighted by Crippen LogP contribution is -2.44. The van der Waals surface area contributed by atoms with E-state index < -0.39 is 5.54 Å². The molecule has 2 nitrogen and oxygen atoms in total. The Kier molecular flexibility index (Phi) is 5.55. The van der Waals surface area contributed by atoms with Crippen molar-refractivity contribution < 1.29 is 5.11 Å². The van der Waals surface area contributed by atoms with Gasteiger partial charge in [-0.1, -0.05) is 84.9 Å². The highest BCUT2D eigenvalue weighted by Crippen LogP contribution is 2.40. The average Bonchev–Trinajstić information content (AvgIpc) is 2.69. The quantitative estimate of drug-likeness (QED) is 0.550. The van der Waals surface area contributed by atoms with Gasteiger partial charge in [0.15, 0.2) is 0 Å². The summed E-state index contributed by atoms with van der Waals surface area (Å²) in [7, 11) is 0. The zero-order chi connectivity index (χ0) is 18.4. The molecule has 3 aromatic rings. The first-order valence-electron chi connectivity index (χ1n) is 8.95. The standard InChI is InChI=1S/C24H25NO/c1-3-18-24(21-14-8-5-9-15-21,22-16-10-11-17-23(22)26)25-19(2)20-12-6-4-7-13-20/h3-17,19,25-26H,1,18H2,2H3/t19-,24-/m1/s1. The molecule has 0 heterocycles. The van der Waals surface area contributed by atoms with Crippen LogP contribution in [0.4, 0.5) is 0 Å². The van der Waals surface area contributed by atoms with Crippen molar-refractivity contribution in [1.82, 2.24) is 5.32 Å². The molecule has 2 heteroatoms. The van der Waals surface area contributed by atoms with Gasteiger partial charge in [0.2, 0.25) is 0 Å². The summed E-state index contributed by atoms with van der Waals surface area (Å²) in [5, 5.41) is 14.4. The molecule has 0 aromatic heterocycles. The Morgan fingerprint density at radius 3 is 2.12 bits per heavy atom. The molecule has 0 amide bonds. The maximum atomic E-state index is 10.6. The van der Waals surface area contributed by atoms with Crippen molar-refractivity contribution in [3.8, 4) is 5.75 Å². The summed E-state index contributed by atoms with van der Waals surface area (Å²) in [5.41, 5.74) is 2.59. The molecule has 3 aromatic carbocycles. The van der Waals surface area contributed by atoms with Crippen LogP contribution in [0.5, 0.6) is 5.75 Å². The van der Waals surface area contributed by atoms with E-state index in [2.05, 4.69) is 43.1 Å². The molecule has 0 radical (unpaired) electrons. The molecule has 2 atom stereocenters. The highest BCUT2D eigenvalue weighted by molar-refractivity contribution is 5.47. The number of rotatable bonds is 7. The number of aromatic hydroxyl groups is 1. The third kappa shape index (κ3) is 3.56. The Balaban J connectivity index is 2.14. The third-order valence-electron chi connectivity index (χ3n) is 4.84. The van der Waals surface area contributed by atoms with Gasteiger partial charge in [-0.25, -0.2) is 0 Å². The molecule has 0 aliphatic heterocycles. The summed E-state index contributed by atoms with van der Waals surface area (Å²) in [5.74, 6) is 0.283. The van der Waals surface area contributed by atoms with Crippen LogP contribution >= 0.6 is 0 Å². The van der Waals surface area contributed by atoms with Crippen LogP contribution in [0.2, 0.25) is 0 Å². The molecular weight excluding hydrogens is 318 g/mol. The van der Waals surface area contributed by atoms with E-state index >= 15 is 0 Å². The maximum Gasteiger partial charge on any atom is 0.120 e. The average molecular weight is 343 g/mol. The van der Waals surface area contributed by atoms with Crippen molar-refractivity contribution in [2.24, 2.45) is 0 Å². The first kappa shape index (κ1) is 18.0. The van der Waals surface area contributed by atoms with Crippen LogP contribution < -0.4 is 5.32 Å². The van der Waals surface area contributed by atoms with Gasteiger partial charge in [0.25, 0.3) is 0 Å². The molecule has 0 saturated carbocycles. The predicted octanol–water partition coefficient (Wildman–Crippen LogP) is 5.56. The minimum atomic E-state index is -0.566. The Bertz CT molecular complexity index is 844. The SMILES string of the molecule is C=CC[C@@](N[C@H](C)c1ccccc1)(c1ccccc1)c1ccccc1O. The fraction of sp³-hybridized carbons (Fsp3) is 0.167. The molecule has 3 rings (SSSR count). The van der Waals surface area contributed by atoms with E-state index in [4.69, 9.17) is 0 Å². The molecule has 0 aliphatic rings. The minimum Gasteiger partial charge on any atom is -0.508 e. The Morgan fingerprint density at radius 1 is 0.923 bits per heavy atom. The predicted molar refractivity (Wildman–Crippen MR) is 108 cm³/mol. The van der Waals surface area contributed by atoms with Crippen molar-refractivity contribution >= 4 is 0 Å². The van der Waals surface area contributed by atoms with E-state index in [9.17, 15) is 5.11 Å². The molecule has 2 N–H and O–H groups in total. The molecule has 26 heavy (non-hydrogen) atoms. The highest BCUT2D eigenvalue weighted by Gasteiger charge is 2.36. The lowest BCUT2D eigenvalue weighted by molar-refractivity contribution is 0.343. The van der Waals surface area contributed by atoms with Gasteiger partial charge in [-0.05, 0) is 30.5 Å². The maximum absolute atomic E-state index is 10.6. The zero-order valence-electron chi connectivity index (χ0n) is 15.1. The Morgan fingerprint density at radius 2 is 1.50 bits per heavy atom. The second-order valence-electron chi connectivity index (χ2n) is 6.56. The van der Waals surface area contributed by atoms with Crippen molar-refractivity contribution in [2.45, 2.75) is 24.9 Å². The number of phenolic OH excluding ortho intramolecular Hbond substituents is 1. The van der Waals surface area contributed by atoms with Crippen molar-refractivity contribution in [2.75, 3.05) is 0 Å². The van der Waals surface area contributed by atoms with Gasteiger partial charge < -0.3 is 5.11 Å². The van der Waals surface area contributed by atoms with Crippen LogP contribution in [-0.4, -0.2) is 5.11 Å². The normalized spacial score (nSPS) is 14.3. The lowest BCUT2D eigenvalue weighted by atomic mass is 9.78. The van der Waals surface area contributed by atoms with Gasteiger partial charge in [-0.3, -0.25) is 5.32 Å². The van der Waals surface area contributed by atoms with Crippen molar-refractivity contribution in [1.29, 1.82) is 0 Å². The zero-order valence-corrected chi connectivity index (χ0v) is 15.1. The lowest BCUT2D eigenvalue weighted by Gasteiger charge is -2.38. The van der Waals surface area contributed by atoms with Crippen molar-refractivity contribution in [3.05, 3.63) is 114 Å². The van der Waals surface area contributed by atoms with Gasteiger partial charge in [-0.15, -0.1) is 6.58 Å². The molecular formula is C24H25NO. The number of hydrogen-bond acceptors (Lipinski definition) is 2. The van der Waals surface area contributed by atoms with Gasteiger partial charge >= 0.3 is 0 Å². The molecule has 0 bridgehead atoms. The second-order valence-corrected chi connectivity index (χ2v) is 6.56. The van der Waals surface area contributed by atoms with Gasteiger partial charge in [0, 0.05) is 11.6 Å². The fourth-order valence-electron chi connectivity index (χ4n) is 3.57. The molecule has 132 valence electrons. The third-order valence-corrected chi connectivity index (χ3v) is 4.84. The minimum absolute atomic E-state index is 0.0935. The van der Waals surface area contributed by atoms with Crippen LogP contribution in [0.15, 0.2) is 97.6 Å². The number of hydrogen-bond donors (Lipinski definition) is 2. The topological polar surface area (TPSA) is 32.3 Å². The van der Waals surface area contributed by atoms with E-state index in [-0.39, 0.29) is 11.8 Å². The van der Waals surface area contributed by atoms with Crippen molar-refractivity contribution in [3.63, 3.8) is 0 Å². The highest BCUT2D eigenvalue weighted by atomic mass is 16.3. The van der Waals surface area contributed by atoms with E-state index in [1.165, 1.54) is 5.56 Å². The molecule has 0 unspecified atom stereocenters. The van der Waals surface area contributed by atoms with Gasteiger partial charge in [-0.2, -0.15) is 0 Å². The Labute approximate surface area is 155 Å². The largest absolute Gasteiger partial charge is 0.508 e. The van der Waals surface area contributed by atoms with E-state index in [0.29, 0.717) is 6.42 Å². The smallest absolute Gasteiger partial charge is 0.120 e. The van der Waals surface area contributed by atoms with Crippen LogP contribution in [0.25, 0.3) is 0 Å². The number of nitrogens with one attached hydrogen (secondary N) is 1. The van der Waals surface area contributed by atoms with E-state index in [0.717, 1.165) is 11.1 Å². The summed E-state index contributed by atoms with van der Waals surface area (Å²) in [4.78, 5) is 0. The molecule has 0 fully saturated rings. The Hall–Kier alpha value is -2.84. The van der Waals surface area contributed by atoms with Crippen LogP contribution in [0, 0.1) is 0 Å². The number of para-hydroxylation sites is 1. The van der Waals surface area contributed by atoms with Gasteiger partial charge in [0.1, 0.15) is 5.75 Å². The molecule has 0 aliphatic carbocycles. The van der Waals surface area contributed by atoms with Crippen LogP contribution in [0.1, 0.15) is 36.1 Å². The fourth-order valence-corrected chi connectivity index (χ4v) is 3.57. The summed E-state index contributed by atoms with van der Waals surface area (Å²) >= 11 is 0. The summed E-state index contributed by atoms with van der Waals surface area (Å²) in [6.45, 7) is 6.13. The first-order valence-corrected chi connectivity index (χ1v) is 8.95. The first-order chi connectivity index (χ1) is 12.7. The summed E-state index contributed by atoms with van der Waals surface area (Å²) < 4.78 is 0. The van der Waals surface area contributed by atoms with E-state index in [1.807, 2.05) is 60.7 Å². The van der Waals surface area contributed by atoms with Crippen LogP contribution in [-0.2, 0) is 5.54 Å². The number of benzene rings is 3. The summed E-state index contributed by atoms with van der Waals surface area (Å²) in [6, 6.07) is 28.2. The monoisotopic (exact) mass is 343 g/mol.